The highest BCUT2D eigenvalue weighted by Crippen LogP contribution is 2.30. The van der Waals surface area contributed by atoms with Crippen molar-refractivity contribution in [1.29, 1.82) is 0 Å². The lowest BCUT2D eigenvalue weighted by molar-refractivity contribution is -0.142. The zero-order chi connectivity index (χ0) is 17.5. The smallest absolute Gasteiger partial charge is 0.225 e. The van der Waals surface area contributed by atoms with E-state index in [0.717, 1.165) is 58.5 Å². The molecule has 142 valence electrons. The normalized spacial score (nSPS) is 28.6. The van der Waals surface area contributed by atoms with Gasteiger partial charge in [-0.3, -0.25) is 14.5 Å². The molecule has 0 spiro atoms. The zero-order valence-corrected chi connectivity index (χ0v) is 15.1. The molecule has 0 unspecified atom stereocenters. The summed E-state index contributed by atoms with van der Waals surface area (Å²) in [6.45, 7) is 7.77. The van der Waals surface area contributed by atoms with E-state index in [2.05, 4.69) is 10.2 Å². The van der Waals surface area contributed by atoms with Crippen LogP contribution in [-0.4, -0.2) is 87.3 Å². The van der Waals surface area contributed by atoms with E-state index in [-0.39, 0.29) is 23.7 Å². The Hall–Kier alpha value is -1.18. The monoisotopic (exact) mass is 353 g/mol. The highest BCUT2D eigenvalue weighted by molar-refractivity contribution is 5.81. The number of carbonyl (C=O) groups is 2. The van der Waals surface area contributed by atoms with Crippen LogP contribution in [0.4, 0.5) is 0 Å². The van der Waals surface area contributed by atoms with Gasteiger partial charge < -0.3 is 19.7 Å². The van der Waals surface area contributed by atoms with Gasteiger partial charge in [-0.25, -0.2) is 0 Å². The van der Waals surface area contributed by atoms with Crippen LogP contribution in [0.3, 0.4) is 0 Å². The van der Waals surface area contributed by atoms with Crippen LogP contribution in [0.15, 0.2) is 0 Å². The molecule has 1 saturated carbocycles. The van der Waals surface area contributed by atoms with Crippen LogP contribution in [0.25, 0.3) is 0 Å². The molecule has 0 aromatic rings. The molecule has 0 aromatic carbocycles. The van der Waals surface area contributed by atoms with E-state index in [1.807, 2.05) is 4.90 Å². The van der Waals surface area contributed by atoms with Crippen molar-refractivity contribution in [3.05, 3.63) is 0 Å². The first-order chi connectivity index (χ1) is 12.2. The van der Waals surface area contributed by atoms with E-state index in [0.29, 0.717) is 32.8 Å². The SMILES string of the molecule is O=C(NCCN1CCOCC1)C1CCC(C(=O)N2CCOCC2)CC1. The Morgan fingerprint density at radius 3 is 2.04 bits per heavy atom. The summed E-state index contributed by atoms with van der Waals surface area (Å²) < 4.78 is 10.6. The summed E-state index contributed by atoms with van der Waals surface area (Å²) in [5, 5.41) is 3.07. The molecule has 0 bridgehead atoms. The molecule has 0 radical (unpaired) electrons. The van der Waals surface area contributed by atoms with Gasteiger partial charge in [0.25, 0.3) is 0 Å². The summed E-state index contributed by atoms with van der Waals surface area (Å²) in [7, 11) is 0. The summed E-state index contributed by atoms with van der Waals surface area (Å²) >= 11 is 0. The third-order valence-electron chi connectivity index (χ3n) is 5.60. The highest BCUT2D eigenvalue weighted by atomic mass is 16.5. The van der Waals surface area contributed by atoms with E-state index in [9.17, 15) is 9.59 Å². The number of hydrogen-bond acceptors (Lipinski definition) is 5. The number of rotatable bonds is 5. The van der Waals surface area contributed by atoms with Gasteiger partial charge in [-0.05, 0) is 25.7 Å². The van der Waals surface area contributed by atoms with Crippen LogP contribution in [0.2, 0.25) is 0 Å². The average molecular weight is 353 g/mol. The molecule has 7 nitrogen and oxygen atoms in total. The van der Waals surface area contributed by atoms with Crippen LogP contribution >= 0.6 is 0 Å². The Morgan fingerprint density at radius 2 is 1.40 bits per heavy atom. The van der Waals surface area contributed by atoms with Gasteiger partial charge in [-0.1, -0.05) is 0 Å². The number of morpholine rings is 2. The third kappa shape index (κ3) is 5.39. The quantitative estimate of drug-likeness (QED) is 0.759. The van der Waals surface area contributed by atoms with Crippen molar-refractivity contribution >= 4 is 11.8 Å². The van der Waals surface area contributed by atoms with Gasteiger partial charge in [0.2, 0.25) is 11.8 Å². The first kappa shape index (κ1) is 18.6. The third-order valence-corrected chi connectivity index (χ3v) is 5.60. The first-order valence-electron chi connectivity index (χ1n) is 9.68. The maximum absolute atomic E-state index is 12.5. The molecule has 0 aromatic heterocycles. The lowest BCUT2D eigenvalue weighted by Gasteiger charge is -2.33. The molecule has 2 saturated heterocycles. The van der Waals surface area contributed by atoms with Gasteiger partial charge in [0.15, 0.2) is 0 Å². The number of amides is 2. The average Bonchev–Trinajstić information content (AvgIpc) is 2.69. The van der Waals surface area contributed by atoms with E-state index in [4.69, 9.17) is 9.47 Å². The molecular weight excluding hydrogens is 322 g/mol. The second kappa shape index (κ2) is 9.50. The summed E-state index contributed by atoms with van der Waals surface area (Å²) in [6, 6.07) is 0. The zero-order valence-electron chi connectivity index (χ0n) is 15.1. The van der Waals surface area contributed by atoms with Gasteiger partial charge in [0, 0.05) is 51.1 Å². The highest BCUT2D eigenvalue weighted by Gasteiger charge is 2.32. The summed E-state index contributed by atoms with van der Waals surface area (Å²) in [5.74, 6) is 0.578. The van der Waals surface area contributed by atoms with Gasteiger partial charge in [0.05, 0.1) is 26.4 Å². The molecule has 0 atom stereocenters. The molecular formula is C18H31N3O4. The van der Waals surface area contributed by atoms with Gasteiger partial charge in [0.1, 0.15) is 0 Å². The van der Waals surface area contributed by atoms with Gasteiger partial charge >= 0.3 is 0 Å². The standard InChI is InChI=1S/C18H31N3O4/c22-17(19-5-6-20-7-11-24-12-8-20)15-1-3-16(4-2-15)18(23)21-9-13-25-14-10-21/h15-16H,1-14H2,(H,19,22). The molecule has 2 heterocycles. The Labute approximate surface area is 150 Å². The molecule has 3 rings (SSSR count). The number of nitrogens with zero attached hydrogens (tertiary/aromatic N) is 2. The van der Waals surface area contributed by atoms with Crippen LogP contribution in [-0.2, 0) is 19.1 Å². The van der Waals surface area contributed by atoms with E-state index in [1.54, 1.807) is 0 Å². The molecule has 7 heteroatoms. The predicted octanol–water partition coefficient (Wildman–Crippen LogP) is 0.100. The molecule has 1 aliphatic carbocycles. The molecule has 3 fully saturated rings. The summed E-state index contributed by atoms with van der Waals surface area (Å²) in [6.07, 6.45) is 3.31. The number of ether oxygens (including phenoxy) is 2. The van der Waals surface area contributed by atoms with Crippen molar-refractivity contribution in [2.75, 3.05) is 65.7 Å². The predicted molar refractivity (Wildman–Crippen MR) is 93.1 cm³/mol. The summed E-state index contributed by atoms with van der Waals surface area (Å²) in [4.78, 5) is 29.1. The lowest BCUT2D eigenvalue weighted by Crippen LogP contribution is -2.45. The van der Waals surface area contributed by atoms with Crippen LogP contribution < -0.4 is 5.32 Å². The van der Waals surface area contributed by atoms with E-state index >= 15 is 0 Å². The first-order valence-corrected chi connectivity index (χ1v) is 9.68. The van der Waals surface area contributed by atoms with Crippen LogP contribution in [0, 0.1) is 11.8 Å². The van der Waals surface area contributed by atoms with Crippen molar-refractivity contribution in [3.63, 3.8) is 0 Å². The van der Waals surface area contributed by atoms with Crippen LogP contribution in [0.5, 0.6) is 0 Å². The Morgan fingerprint density at radius 1 is 0.840 bits per heavy atom. The fraction of sp³-hybridized carbons (Fsp3) is 0.889. The maximum Gasteiger partial charge on any atom is 0.225 e. The fourth-order valence-electron chi connectivity index (χ4n) is 3.95. The topological polar surface area (TPSA) is 71.1 Å². The molecule has 2 aliphatic heterocycles. The van der Waals surface area contributed by atoms with E-state index in [1.165, 1.54) is 0 Å². The summed E-state index contributed by atoms with van der Waals surface area (Å²) in [5.41, 5.74) is 0. The number of hydrogen-bond donors (Lipinski definition) is 1. The minimum Gasteiger partial charge on any atom is -0.379 e. The largest absolute Gasteiger partial charge is 0.379 e. The second-order valence-corrected chi connectivity index (χ2v) is 7.23. The van der Waals surface area contributed by atoms with Gasteiger partial charge in [-0.2, -0.15) is 0 Å². The maximum atomic E-state index is 12.5. The van der Waals surface area contributed by atoms with Crippen molar-refractivity contribution in [1.82, 2.24) is 15.1 Å². The lowest BCUT2D eigenvalue weighted by atomic mass is 9.81. The van der Waals surface area contributed by atoms with Crippen molar-refractivity contribution in [2.45, 2.75) is 25.7 Å². The van der Waals surface area contributed by atoms with E-state index < -0.39 is 0 Å². The van der Waals surface area contributed by atoms with Crippen molar-refractivity contribution < 1.29 is 19.1 Å². The molecule has 25 heavy (non-hydrogen) atoms. The fourth-order valence-corrected chi connectivity index (χ4v) is 3.95. The van der Waals surface area contributed by atoms with Crippen molar-refractivity contribution in [3.8, 4) is 0 Å². The Bertz CT molecular complexity index is 440. The Balaban J connectivity index is 1.33. The minimum atomic E-state index is 0.0680. The molecule has 2 amide bonds. The second-order valence-electron chi connectivity index (χ2n) is 7.23. The molecule has 1 N–H and O–H groups in total. The van der Waals surface area contributed by atoms with Crippen LogP contribution in [0.1, 0.15) is 25.7 Å². The Kier molecular flexibility index (Phi) is 7.07. The minimum absolute atomic E-state index is 0.0680. The van der Waals surface area contributed by atoms with Crippen molar-refractivity contribution in [2.24, 2.45) is 11.8 Å². The van der Waals surface area contributed by atoms with Gasteiger partial charge in [-0.15, -0.1) is 0 Å². The number of nitrogens with one attached hydrogen (secondary N) is 1. The number of carbonyl (C=O) groups excluding carboxylic acids is 2. The molecule has 3 aliphatic rings.